The van der Waals surface area contributed by atoms with Crippen LogP contribution in [0.5, 0.6) is 0 Å². The highest BCUT2D eigenvalue weighted by Gasteiger charge is 2.23. The molecule has 0 saturated carbocycles. The summed E-state index contributed by atoms with van der Waals surface area (Å²) in [5.74, 6) is -0.456. The van der Waals surface area contributed by atoms with E-state index in [-0.39, 0.29) is 11.6 Å². The highest BCUT2D eigenvalue weighted by Crippen LogP contribution is 2.29. The molecule has 0 fully saturated rings. The number of ether oxygens (including phenoxy) is 1. The number of non-ortho nitro benzene ring substituents is 1. The summed E-state index contributed by atoms with van der Waals surface area (Å²) in [6, 6.07) is 3.20. The number of esters is 1. The fourth-order valence-electron chi connectivity index (χ4n) is 2.10. The van der Waals surface area contributed by atoms with Crippen LogP contribution in [0.15, 0.2) is 23.3 Å². The monoisotopic (exact) mass is 352 g/mol. The number of hydrazone groups is 1. The van der Waals surface area contributed by atoms with Crippen LogP contribution in [0.2, 0.25) is 0 Å². The predicted molar refractivity (Wildman–Crippen MR) is 91.5 cm³/mol. The summed E-state index contributed by atoms with van der Waals surface area (Å²) < 4.78 is 5.25. The molecule has 25 heavy (non-hydrogen) atoms. The summed E-state index contributed by atoms with van der Waals surface area (Å²) in [6.07, 6.45) is 0.162. The summed E-state index contributed by atoms with van der Waals surface area (Å²) in [5.41, 5.74) is 2.09. The lowest BCUT2D eigenvalue weighted by atomic mass is 9.98. The van der Waals surface area contributed by atoms with E-state index in [1.807, 2.05) is 13.8 Å². The molecule has 0 bridgehead atoms. The van der Waals surface area contributed by atoms with Gasteiger partial charge in [0.15, 0.2) is 0 Å². The second kappa shape index (κ2) is 8.71. The van der Waals surface area contributed by atoms with E-state index in [0.29, 0.717) is 5.71 Å². The molecule has 2 atom stereocenters. The van der Waals surface area contributed by atoms with Crippen molar-refractivity contribution in [1.29, 1.82) is 0 Å². The van der Waals surface area contributed by atoms with Gasteiger partial charge in [0.05, 0.1) is 21.6 Å². The van der Waals surface area contributed by atoms with Crippen LogP contribution in [-0.4, -0.2) is 27.6 Å². The van der Waals surface area contributed by atoms with Crippen LogP contribution in [0.3, 0.4) is 0 Å². The van der Waals surface area contributed by atoms with E-state index in [0.717, 1.165) is 18.6 Å². The minimum Gasteiger partial charge on any atom is -0.456 e. The summed E-state index contributed by atoms with van der Waals surface area (Å²) in [4.78, 5) is 31.6. The normalized spacial score (nSPS) is 13.7. The van der Waals surface area contributed by atoms with Crippen molar-refractivity contribution in [2.75, 3.05) is 5.43 Å². The zero-order chi connectivity index (χ0) is 19.1. The van der Waals surface area contributed by atoms with Gasteiger partial charge in [-0.1, -0.05) is 13.8 Å². The number of anilines is 1. The Morgan fingerprint density at radius 3 is 2.40 bits per heavy atom. The SMILES string of the molecule is CC[C@H](C)[C@H](OC(C)=O)/C(C)=N/Nc1ccc([N+](=O)[O-])cc1[N+](=O)[O-]. The Balaban J connectivity index is 3.11. The molecule has 0 amide bonds. The van der Waals surface area contributed by atoms with Crippen molar-refractivity contribution in [3.05, 3.63) is 38.4 Å². The maximum Gasteiger partial charge on any atom is 0.303 e. The van der Waals surface area contributed by atoms with Crippen molar-refractivity contribution in [2.45, 2.75) is 40.2 Å². The average molecular weight is 352 g/mol. The molecular weight excluding hydrogens is 332 g/mol. The van der Waals surface area contributed by atoms with Gasteiger partial charge < -0.3 is 4.74 Å². The van der Waals surface area contributed by atoms with Crippen LogP contribution >= 0.6 is 0 Å². The number of hydrogen-bond acceptors (Lipinski definition) is 8. The molecular formula is C15H20N4O6. The summed E-state index contributed by atoms with van der Waals surface area (Å²) >= 11 is 0. The lowest BCUT2D eigenvalue weighted by Crippen LogP contribution is -2.31. The summed E-state index contributed by atoms with van der Waals surface area (Å²) in [5, 5.41) is 25.9. The van der Waals surface area contributed by atoms with Gasteiger partial charge in [-0.25, -0.2) is 0 Å². The lowest BCUT2D eigenvalue weighted by Gasteiger charge is -2.22. The number of hydrogen-bond donors (Lipinski definition) is 1. The molecule has 0 saturated heterocycles. The Morgan fingerprint density at radius 2 is 1.92 bits per heavy atom. The largest absolute Gasteiger partial charge is 0.456 e. The van der Waals surface area contributed by atoms with E-state index < -0.39 is 33.3 Å². The fraction of sp³-hybridized carbons (Fsp3) is 0.467. The molecule has 0 aliphatic rings. The molecule has 0 unspecified atom stereocenters. The first-order valence-electron chi connectivity index (χ1n) is 7.57. The molecule has 0 aliphatic carbocycles. The van der Waals surface area contributed by atoms with Crippen LogP contribution < -0.4 is 5.43 Å². The zero-order valence-electron chi connectivity index (χ0n) is 14.4. The van der Waals surface area contributed by atoms with Crippen LogP contribution in [-0.2, 0) is 9.53 Å². The number of nitro benzene ring substituents is 2. The van der Waals surface area contributed by atoms with Crippen LogP contribution in [0.1, 0.15) is 34.1 Å². The molecule has 136 valence electrons. The molecule has 1 aromatic carbocycles. The molecule has 1 N–H and O–H groups in total. The first-order chi connectivity index (χ1) is 11.7. The van der Waals surface area contributed by atoms with E-state index in [1.165, 1.54) is 13.0 Å². The van der Waals surface area contributed by atoms with Crippen molar-refractivity contribution in [3.63, 3.8) is 0 Å². The van der Waals surface area contributed by atoms with Gasteiger partial charge in [-0.15, -0.1) is 0 Å². The third kappa shape index (κ3) is 5.52. The predicted octanol–water partition coefficient (Wildman–Crippen LogP) is 3.27. The van der Waals surface area contributed by atoms with Crippen LogP contribution in [0.25, 0.3) is 0 Å². The minimum absolute atomic E-state index is 0.000626. The highest BCUT2D eigenvalue weighted by atomic mass is 16.6. The van der Waals surface area contributed by atoms with Gasteiger partial charge in [0.2, 0.25) is 0 Å². The van der Waals surface area contributed by atoms with Gasteiger partial charge in [0.1, 0.15) is 11.8 Å². The smallest absolute Gasteiger partial charge is 0.303 e. The number of nitrogens with one attached hydrogen (secondary N) is 1. The molecule has 0 aliphatic heterocycles. The first-order valence-corrected chi connectivity index (χ1v) is 7.57. The standard InChI is InChI=1S/C15H20N4O6/c1-5-9(2)15(25-11(4)20)10(3)16-17-13-7-6-12(18(21)22)8-14(13)19(23)24/h6-9,15,17H,5H2,1-4H3/b16-10+/t9-,15-/m0/s1. The minimum atomic E-state index is -0.738. The van der Waals surface area contributed by atoms with E-state index in [4.69, 9.17) is 4.74 Å². The quantitative estimate of drug-likeness (QED) is 0.328. The van der Waals surface area contributed by atoms with Crippen LogP contribution in [0, 0.1) is 26.1 Å². The number of benzene rings is 1. The lowest BCUT2D eigenvalue weighted by molar-refractivity contribution is -0.393. The van der Waals surface area contributed by atoms with Gasteiger partial charge in [-0.3, -0.25) is 30.4 Å². The number of nitrogens with zero attached hydrogens (tertiary/aromatic N) is 3. The molecule has 1 aromatic rings. The van der Waals surface area contributed by atoms with E-state index in [9.17, 15) is 25.0 Å². The Morgan fingerprint density at radius 1 is 1.28 bits per heavy atom. The zero-order valence-corrected chi connectivity index (χ0v) is 14.4. The Labute approximate surface area is 144 Å². The Hall–Kier alpha value is -3.04. The van der Waals surface area contributed by atoms with Gasteiger partial charge >= 0.3 is 11.7 Å². The topological polar surface area (TPSA) is 137 Å². The third-order valence-electron chi connectivity index (χ3n) is 3.61. The molecule has 10 nitrogen and oxygen atoms in total. The van der Waals surface area contributed by atoms with E-state index in [2.05, 4.69) is 10.5 Å². The second-order valence-electron chi connectivity index (χ2n) is 5.50. The molecule has 0 radical (unpaired) electrons. The molecule has 0 spiro atoms. The first kappa shape index (κ1) is 20.0. The molecule has 0 aromatic heterocycles. The Kier molecular flexibility index (Phi) is 6.97. The number of carbonyl (C=O) groups is 1. The van der Waals surface area contributed by atoms with E-state index in [1.54, 1.807) is 6.92 Å². The van der Waals surface area contributed by atoms with Crippen molar-refractivity contribution < 1.29 is 19.4 Å². The molecule has 1 rings (SSSR count). The molecule has 10 heteroatoms. The van der Waals surface area contributed by atoms with E-state index >= 15 is 0 Å². The summed E-state index contributed by atoms with van der Waals surface area (Å²) in [6.45, 7) is 6.74. The van der Waals surface area contributed by atoms with Gasteiger partial charge in [0.25, 0.3) is 5.69 Å². The average Bonchev–Trinajstić information content (AvgIpc) is 2.56. The maximum atomic E-state index is 11.2. The third-order valence-corrected chi connectivity index (χ3v) is 3.61. The fourth-order valence-corrected chi connectivity index (χ4v) is 2.10. The van der Waals surface area contributed by atoms with Gasteiger partial charge in [-0.05, 0) is 25.3 Å². The van der Waals surface area contributed by atoms with Crippen molar-refractivity contribution in [3.8, 4) is 0 Å². The highest BCUT2D eigenvalue weighted by molar-refractivity contribution is 5.89. The number of rotatable bonds is 8. The maximum absolute atomic E-state index is 11.2. The van der Waals surface area contributed by atoms with Crippen molar-refractivity contribution in [2.24, 2.45) is 11.0 Å². The second-order valence-corrected chi connectivity index (χ2v) is 5.50. The number of carbonyl (C=O) groups excluding carboxylic acids is 1. The van der Waals surface area contributed by atoms with Gasteiger partial charge in [0, 0.05) is 13.0 Å². The van der Waals surface area contributed by atoms with Gasteiger partial charge in [-0.2, -0.15) is 5.10 Å². The summed E-state index contributed by atoms with van der Waals surface area (Å²) in [7, 11) is 0. The Bertz CT molecular complexity index is 703. The van der Waals surface area contributed by atoms with Crippen molar-refractivity contribution in [1.82, 2.24) is 0 Å². The van der Waals surface area contributed by atoms with Crippen LogP contribution in [0.4, 0.5) is 17.1 Å². The number of nitro groups is 2. The van der Waals surface area contributed by atoms with Crippen molar-refractivity contribution >= 4 is 28.7 Å². The molecule has 0 heterocycles.